The maximum atomic E-state index is 13.8. The molecule has 1 unspecified atom stereocenters. The maximum Gasteiger partial charge on any atom is 0.249 e. The fourth-order valence-electron chi connectivity index (χ4n) is 3.97. The van der Waals surface area contributed by atoms with Crippen LogP contribution in [0.4, 0.5) is 25.8 Å². The van der Waals surface area contributed by atoms with Crippen molar-refractivity contribution in [3.05, 3.63) is 94.9 Å². The number of aromatic nitrogens is 6. The van der Waals surface area contributed by atoms with E-state index < -0.39 is 17.8 Å². The molecule has 196 valence electrons. The molecule has 0 amide bonds. The van der Waals surface area contributed by atoms with Gasteiger partial charge < -0.3 is 10.6 Å². The largest absolute Gasteiger partial charge is 0.373 e. The molecule has 5 aromatic rings. The molecule has 5 rings (SSSR count). The van der Waals surface area contributed by atoms with Gasteiger partial charge in [0.05, 0.1) is 51.5 Å². The van der Waals surface area contributed by atoms with Gasteiger partial charge in [0.1, 0.15) is 11.8 Å². The van der Waals surface area contributed by atoms with Crippen LogP contribution >= 0.6 is 11.6 Å². The van der Waals surface area contributed by atoms with Crippen LogP contribution in [0.5, 0.6) is 0 Å². The van der Waals surface area contributed by atoms with E-state index in [-0.39, 0.29) is 16.8 Å². The van der Waals surface area contributed by atoms with Crippen molar-refractivity contribution < 1.29 is 8.78 Å². The minimum absolute atomic E-state index is 0.152. The van der Waals surface area contributed by atoms with Crippen LogP contribution in [0.3, 0.4) is 0 Å². The number of anilines is 3. The fraction of sp³-hybridized carbons (Fsp3) is 0.185. The van der Waals surface area contributed by atoms with E-state index in [9.17, 15) is 14.0 Å². The number of hydrogen-bond acceptors (Lipinski definition) is 8. The Morgan fingerprint density at radius 3 is 2.56 bits per heavy atom. The Morgan fingerprint density at radius 2 is 1.90 bits per heavy atom. The van der Waals surface area contributed by atoms with Crippen molar-refractivity contribution in [2.75, 3.05) is 10.6 Å². The molecule has 1 aromatic carbocycles. The monoisotopic (exact) mass is 545 g/mol. The molecule has 0 aliphatic heterocycles. The second-order valence-electron chi connectivity index (χ2n) is 9.76. The van der Waals surface area contributed by atoms with E-state index in [1.54, 1.807) is 29.2 Å². The van der Waals surface area contributed by atoms with Gasteiger partial charge in [0.15, 0.2) is 5.82 Å². The van der Waals surface area contributed by atoms with Gasteiger partial charge in [-0.1, -0.05) is 22.9 Å². The fourth-order valence-corrected chi connectivity index (χ4v) is 4.24. The number of rotatable bonds is 6. The SMILES string of the molecule is CC(C)(C)n1cc(C(Nc2cc(Cl)c3ncc(C#N)c(Nc4cnc(F)c(F)c4)c3c2)c2cccnc2)nn1. The summed E-state index contributed by atoms with van der Waals surface area (Å²) in [6.07, 6.45) is 7.77. The highest BCUT2D eigenvalue weighted by atomic mass is 35.5. The van der Waals surface area contributed by atoms with Crippen LogP contribution in [0.25, 0.3) is 10.9 Å². The van der Waals surface area contributed by atoms with E-state index in [0.717, 1.165) is 17.8 Å². The molecule has 0 aliphatic carbocycles. The Kier molecular flexibility index (Phi) is 6.80. The molecule has 2 N–H and O–H groups in total. The van der Waals surface area contributed by atoms with Crippen molar-refractivity contribution in [2.24, 2.45) is 0 Å². The van der Waals surface area contributed by atoms with Crippen LogP contribution < -0.4 is 10.6 Å². The smallest absolute Gasteiger partial charge is 0.249 e. The average Bonchev–Trinajstić information content (AvgIpc) is 3.41. The molecule has 4 heterocycles. The lowest BCUT2D eigenvalue weighted by molar-refractivity contribution is 0.347. The first kappa shape index (κ1) is 25.9. The zero-order valence-corrected chi connectivity index (χ0v) is 21.9. The van der Waals surface area contributed by atoms with Gasteiger partial charge in [-0.15, -0.1) is 5.10 Å². The minimum atomic E-state index is -1.22. The summed E-state index contributed by atoms with van der Waals surface area (Å²) in [7, 11) is 0. The second kappa shape index (κ2) is 10.2. The van der Waals surface area contributed by atoms with Gasteiger partial charge in [-0.2, -0.15) is 9.65 Å². The predicted octanol–water partition coefficient (Wildman–Crippen LogP) is 6.12. The first-order valence-corrected chi connectivity index (χ1v) is 12.2. The van der Waals surface area contributed by atoms with Gasteiger partial charge >= 0.3 is 0 Å². The molecular weight excluding hydrogens is 524 g/mol. The van der Waals surface area contributed by atoms with Crippen LogP contribution in [0, 0.1) is 23.1 Å². The highest BCUT2D eigenvalue weighted by Crippen LogP contribution is 2.36. The molecule has 0 fully saturated rings. The lowest BCUT2D eigenvalue weighted by Gasteiger charge is -2.20. The number of hydrogen-bond donors (Lipinski definition) is 2. The van der Waals surface area contributed by atoms with Gasteiger partial charge in [-0.3, -0.25) is 9.97 Å². The van der Waals surface area contributed by atoms with Crippen molar-refractivity contribution in [1.82, 2.24) is 29.9 Å². The Labute approximate surface area is 227 Å². The minimum Gasteiger partial charge on any atom is -0.373 e. The summed E-state index contributed by atoms with van der Waals surface area (Å²) in [5.74, 6) is -2.35. The van der Waals surface area contributed by atoms with Crippen molar-refractivity contribution in [1.29, 1.82) is 5.26 Å². The Hall–Kier alpha value is -4.69. The van der Waals surface area contributed by atoms with Crippen molar-refractivity contribution in [3.8, 4) is 6.07 Å². The molecule has 12 heteroatoms. The first-order chi connectivity index (χ1) is 18.6. The van der Waals surface area contributed by atoms with Crippen LogP contribution in [-0.2, 0) is 5.54 Å². The second-order valence-corrected chi connectivity index (χ2v) is 10.2. The zero-order chi connectivity index (χ0) is 27.7. The van der Waals surface area contributed by atoms with E-state index in [1.807, 2.05) is 39.1 Å². The Morgan fingerprint density at radius 1 is 1.08 bits per heavy atom. The van der Waals surface area contributed by atoms with Gasteiger partial charge in [0, 0.05) is 35.7 Å². The third-order valence-corrected chi connectivity index (χ3v) is 6.22. The Bertz CT molecular complexity index is 1710. The number of benzene rings is 1. The quantitative estimate of drug-likeness (QED) is 0.245. The lowest BCUT2D eigenvalue weighted by atomic mass is 10.0. The summed E-state index contributed by atoms with van der Waals surface area (Å²) >= 11 is 6.64. The summed E-state index contributed by atoms with van der Waals surface area (Å²) in [6.45, 7) is 6.08. The maximum absolute atomic E-state index is 13.8. The highest BCUT2D eigenvalue weighted by molar-refractivity contribution is 6.36. The molecule has 0 radical (unpaired) electrons. The molecule has 0 aliphatic rings. The van der Waals surface area contributed by atoms with Crippen LogP contribution in [0.1, 0.15) is 43.6 Å². The molecular formula is C27H22ClF2N9. The van der Waals surface area contributed by atoms with Crippen molar-refractivity contribution in [2.45, 2.75) is 32.4 Å². The highest BCUT2D eigenvalue weighted by Gasteiger charge is 2.23. The Balaban J connectivity index is 1.61. The number of nitrogens with zero attached hydrogens (tertiary/aromatic N) is 7. The van der Waals surface area contributed by atoms with Crippen LogP contribution in [0.2, 0.25) is 5.02 Å². The van der Waals surface area contributed by atoms with E-state index in [1.165, 1.54) is 6.20 Å². The summed E-state index contributed by atoms with van der Waals surface area (Å²) in [6, 6.07) is 9.81. The van der Waals surface area contributed by atoms with Gasteiger partial charge in [0.25, 0.3) is 0 Å². The van der Waals surface area contributed by atoms with E-state index in [4.69, 9.17) is 11.6 Å². The lowest BCUT2D eigenvalue weighted by Crippen LogP contribution is -2.22. The molecule has 4 aromatic heterocycles. The van der Waals surface area contributed by atoms with E-state index in [0.29, 0.717) is 33.0 Å². The molecule has 9 nitrogen and oxygen atoms in total. The van der Waals surface area contributed by atoms with E-state index in [2.05, 4.69) is 42.0 Å². The number of fused-ring (bicyclic) bond motifs is 1. The van der Waals surface area contributed by atoms with Crippen LogP contribution in [0.15, 0.2) is 61.3 Å². The van der Waals surface area contributed by atoms with Crippen LogP contribution in [-0.4, -0.2) is 29.9 Å². The summed E-state index contributed by atoms with van der Waals surface area (Å²) in [5, 5.41) is 25.7. The van der Waals surface area contributed by atoms with Crippen molar-refractivity contribution in [3.63, 3.8) is 0 Å². The molecule has 0 spiro atoms. The summed E-state index contributed by atoms with van der Waals surface area (Å²) < 4.78 is 29.0. The van der Waals surface area contributed by atoms with Gasteiger partial charge in [-0.05, 0) is 44.5 Å². The van der Waals surface area contributed by atoms with Gasteiger partial charge in [-0.25, -0.2) is 14.1 Å². The zero-order valence-electron chi connectivity index (χ0n) is 21.1. The van der Waals surface area contributed by atoms with Crippen molar-refractivity contribution >= 4 is 39.6 Å². The third-order valence-electron chi connectivity index (χ3n) is 5.93. The normalized spacial score (nSPS) is 12.2. The van der Waals surface area contributed by atoms with E-state index >= 15 is 0 Å². The number of pyridine rings is 3. The standard InChI is InChI=1S/C27H22ClF2N9/c1-27(2,3)39-14-22(37-38-39)24(15-5-4-6-32-11-15)35-17-7-19-23(36-18-9-21(29)26(30)34-13-18)16(10-31)12-33-25(19)20(28)8-17/h4-9,11-14,24,35H,1-3H3,(H,33,36). The number of nitrogens with one attached hydrogen (secondary N) is 2. The number of nitriles is 1. The predicted molar refractivity (Wildman–Crippen MR) is 144 cm³/mol. The summed E-state index contributed by atoms with van der Waals surface area (Å²) in [5.41, 5.74) is 2.88. The molecule has 39 heavy (non-hydrogen) atoms. The summed E-state index contributed by atoms with van der Waals surface area (Å²) in [4.78, 5) is 12.0. The average molecular weight is 546 g/mol. The molecule has 1 atom stereocenters. The first-order valence-electron chi connectivity index (χ1n) is 11.8. The third kappa shape index (κ3) is 5.32. The molecule has 0 bridgehead atoms. The van der Waals surface area contributed by atoms with Gasteiger partial charge in [0.2, 0.25) is 5.95 Å². The molecule has 0 saturated heterocycles. The molecule has 0 saturated carbocycles. The number of halogens is 3. The topological polar surface area (TPSA) is 117 Å².